The van der Waals surface area contributed by atoms with Crippen molar-refractivity contribution >= 4 is 45.4 Å². The van der Waals surface area contributed by atoms with E-state index >= 15 is 0 Å². The highest BCUT2D eigenvalue weighted by atomic mass is 16.5. The maximum Gasteiger partial charge on any atom is 0.262 e. The highest BCUT2D eigenvalue weighted by molar-refractivity contribution is 6.23. The minimum Gasteiger partial charge on any atom is -0.494 e. The summed E-state index contributed by atoms with van der Waals surface area (Å²) in [5.74, 6) is -0.841. The van der Waals surface area contributed by atoms with Gasteiger partial charge >= 0.3 is 0 Å². The van der Waals surface area contributed by atoms with Crippen molar-refractivity contribution in [3.8, 4) is 22.8 Å². The topological polar surface area (TPSA) is 139 Å². The Hall–Kier alpha value is -5.66. The number of fused-ring (bicyclic) bond motifs is 4. The molecule has 1 unspecified atom stereocenters. The van der Waals surface area contributed by atoms with Gasteiger partial charge in [0.2, 0.25) is 17.7 Å². The average Bonchev–Trinajstić information content (AvgIpc) is 3.65. The number of carbonyl (C=O) groups is 4. The summed E-state index contributed by atoms with van der Waals surface area (Å²) in [4.78, 5) is 65.0. The molecule has 300 valence electrons. The summed E-state index contributed by atoms with van der Waals surface area (Å²) in [5, 5.41) is 4.59. The molecule has 1 aliphatic carbocycles. The molecule has 58 heavy (non-hydrogen) atoms. The van der Waals surface area contributed by atoms with Crippen molar-refractivity contribution in [3.05, 3.63) is 84.3 Å². The first-order valence-electron chi connectivity index (χ1n) is 20.6. The zero-order valence-electron chi connectivity index (χ0n) is 33.1. The molecule has 6 heterocycles. The normalized spacial score (nSPS) is 21.5. The van der Waals surface area contributed by atoms with Crippen LogP contribution in [-0.4, -0.2) is 110 Å². The number of ether oxygens (including phenoxy) is 2. The van der Waals surface area contributed by atoms with Gasteiger partial charge in [0.25, 0.3) is 11.8 Å². The summed E-state index contributed by atoms with van der Waals surface area (Å²) in [6.07, 6.45) is 13.5. The van der Waals surface area contributed by atoms with Gasteiger partial charge in [-0.05, 0) is 107 Å². The quantitative estimate of drug-likeness (QED) is 0.116. The summed E-state index contributed by atoms with van der Waals surface area (Å²) in [6.45, 7) is 3.80. The molecule has 4 aliphatic rings. The molecular formula is C45H49N7O6. The second kappa shape index (κ2) is 15.9. The third kappa shape index (κ3) is 7.33. The predicted octanol–water partition coefficient (Wildman–Crippen LogP) is 5.75. The molecule has 13 nitrogen and oxygen atoms in total. The SMILES string of the molecule is Cn1c2ccncc2c2ccc(-c3ccc(O[C@H]4C[C@H](N(C)C5CCN(CCCCCOc6ccc7c(c6)C(=O)N(C6CCC(=O)NC6=O)C7=O)CC5)C4)nc3)cc21. The molecule has 4 amide bonds. The van der Waals surface area contributed by atoms with Gasteiger partial charge in [-0.15, -0.1) is 0 Å². The van der Waals surface area contributed by atoms with E-state index in [1.165, 1.54) is 29.3 Å². The number of carbonyl (C=O) groups excluding carboxylic acids is 4. The highest BCUT2D eigenvalue weighted by Crippen LogP contribution is 2.35. The van der Waals surface area contributed by atoms with Crippen molar-refractivity contribution in [1.29, 1.82) is 0 Å². The minimum atomic E-state index is -0.977. The van der Waals surface area contributed by atoms with Crippen molar-refractivity contribution < 1.29 is 28.7 Å². The standard InChI is InChI=1S/C45H49N7O6/c1-49(31-23-33(24-31)58-42-13-7-29(26-47-42)28-6-9-34-37-27-46-17-14-38(37)50(2)40(34)22-28)30-15-19-51(20-16-30)18-4-3-5-21-57-32-8-10-35-36(25-32)45(56)52(44(35)55)39-11-12-41(53)48-43(39)54/h6-10,13-14,17,22,25-27,30-31,33,39H,3-5,11-12,15-16,18-21,23-24H2,1-2H3,(H,48,53,54)/t31-,33-,39?. The van der Waals surface area contributed by atoms with Gasteiger partial charge in [-0.2, -0.15) is 0 Å². The number of hydrogen-bond acceptors (Lipinski definition) is 10. The van der Waals surface area contributed by atoms with Gasteiger partial charge < -0.3 is 23.8 Å². The summed E-state index contributed by atoms with van der Waals surface area (Å²) in [6, 6.07) is 17.7. The largest absolute Gasteiger partial charge is 0.494 e. The van der Waals surface area contributed by atoms with E-state index in [0.29, 0.717) is 30.3 Å². The first-order chi connectivity index (χ1) is 28.2. The summed E-state index contributed by atoms with van der Waals surface area (Å²) < 4.78 is 14.5. The van der Waals surface area contributed by atoms with Crippen LogP contribution in [0.25, 0.3) is 32.9 Å². The van der Waals surface area contributed by atoms with Crippen molar-refractivity contribution in [2.45, 2.75) is 82.0 Å². The number of imide groups is 2. The molecule has 1 N–H and O–H groups in total. The summed E-state index contributed by atoms with van der Waals surface area (Å²) >= 11 is 0. The molecule has 2 aromatic carbocycles. The van der Waals surface area contributed by atoms with Crippen LogP contribution in [0, 0.1) is 0 Å². The van der Waals surface area contributed by atoms with E-state index in [4.69, 9.17) is 9.47 Å². The summed E-state index contributed by atoms with van der Waals surface area (Å²) in [7, 11) is 4.38. The lowest BCUT2D eigenvalue weighted by Crippen LogP contribution is -2.54. The second-order valence-electron chi connectivity index (χ2n) is 16.2. The number of rotatable bonds is 13. The van der Waals surface area contributed by atoms with Gasteiger partial charge in [-0.1, -0.05) is 12.1 Å². The number of benzene rings is 2. The van der Waals surface area contributed by atoms with Crippen LogP contribution in [0.1, 0.15) is 78.5 Å². The highest BCUT2D eigenvalue weighted by Gasteiger charge is 2.45. The van der Waals surface area contributed by atoms with Crippen LogP contribution in [0.3, 0.4) is 0 Å². The maximum absolute atomic E-state index is 13.1. The number of nitrogens with zero attached hydrogens (tertiary/aromatic N) is 6. The number of likely N-dealkylation sites (tertiary alicyclic amines) is 1. The lowest BCUT2D eigenvalue weighted by Gasteiger charge is -2.46. The Labute approximate surface area is 337 Å². The van der Waals surface area contributed by atoms with Crippen LogP contribution >= 0.6 is 0 Å². The number of aromatic nitrogens is 3. The fourth-order valence-corrected chi connectivity index (χ4v) is 9.18. The van der Waals surface area contributed by atoms with E-state index < -0.39 is 29.7 Å². The zero-order valence-corrected chi connectivity index (χ0v) is 33.1. The third-order valence-corrected chi connectivity index (χ3v) is 12.7. The Morgan fingerprint density at radius 2 is 1.62 bits per heavy atom. The van der Waals surface area contributed by atoms with Crippen LogP contribution in [0.5, 0.6) is 11.6 Å². The molecule has 0 bridgehead atoms. The zero-order chi connectivity index (χ0) is 39.9. The molecule has 1 saturated carbocycles. The van der Waals surface area contributed by atoms with Gasteiger partial charge in [0.05, 0.1) is 23.3 Å². The lowest BCUT2D eigenvalue weighted by atomic mass is 9.86. The Balaban J connectivity index is 0.661. The Kier molecular flexibility index (Phi) is 10.4. The van der Waals surface area contributed by atoms with E-state index in [1.807, 2.05) is 24.7 Å². The van der Waals surface area contributed by atoms with Gasteiger partial charge in [0, 0.05) is 84.9 Å². The maximum atomic E-state index is 13.1. The first kappa shape index (κ1) is 37.9. The number of unbranched alkanes of at least 4 members (excludes halogenated alkanes) is 2. The average molecular weight is 784 g/mol. The van der Waals surface area contributed by atoms with Crippen LogP contribution in [-0.2, 0) is 16.6 Å². The van der Waals surface area contributed by atoms with E-state index in [1.54, 1.807) is 18.2 Å². The molecule has 0 radical (unpaired) electrons. The van der Waals surface area contributed by atoms with E-state index in [0.717, 1.165) is 73.2 Å². The number of amides is 4. The van der Waals surface area contributed by atoms with Crippen LogP contribution in [0.2, 0.25) is 0 Å². The second-order valence-corrected chi connectivity index (χ2v) is 16.2. The molecule has 2 saturated heterocycles. The monoisotopic (exact) mass is 783 g/mol. The molecule has 3 aromatic heterocycles. The predicted molar refractivity (Wildman–Crippen MR) is 219 cm³/mol. The minimum absolute atomic E-state index is 0.0904. The molecule has 9 rings (SSSR count). The van der Waals surface area contributed by atoms with Crippen LogP contribution in [0.4, 0.5) is 0 Å². The molecule has 3 fully saturated rings. The fraction of sp³-hybridized carbons (Fsp3) is 0.422. The summed E-state index contributed by atoms with van der Waals surface area (Å²) in [5.41, 5.74) is 5.03. The molecule has 13 heteroatoms. The number of hydrogen-bond donors (Lipinski definition) is 1. The van der Waals surface area contributed by atoms with Gasteiger partial charge in [0.1, 0.15) is 17.9 Å². The number of nitrogens with one attached hydrogen (secondary N) is 1. The van der Waals surface area contributed by atoms with Crippen molar-refractivity contribution in [2.75, 3.05) is 33.3 Å². The number of aryl methyl sites for hydroxylation is 1. The third-order valence-electron chi connectivity index (χ3n) is 12.7. The van der Waals surface area contributed by atoms with Gasteiger partial charge in [-0.25, -0.2) is 4.98 Å². The fourth-order valence-electron chi connectivity index (χ4n) is 9.18. The first-order valence-corrected chi connectivity index (χ1v) is 20.6. The number of piperidine rings is 2. The van der Waals surface area contributed by atoms with Crippen molar-refractivity contribution in [1.82, 2.24) is 34.6 Å². The molecule has 3 aliphatic heterocycles. The van der Waals surface area contributed by atoms with E-state index in [9.17, 15) is 19.2 Å². The van der Waals surface area contributed by atoms with Crippen LogP contribution < -0.4 is 14.8 Å². The van der Waals surface area contributed by atoms with Crippen molar-refractivity contribution in [3.63, 3.8) is 0 Å². The molecular weight excluding hydrogens is 735 g/mol. The van der Waals surface area contributed by atoms with Gasteiger partial charge in [0.15, 0.2) is 0 Å². The molecule has 5 aromatic rings. The lowest BCUT2D eigenvalue weighted by molar-refractivity contribution is -0.136. The Morgan fingerprint density at radius 3 is 2.41 bits per heavy atom. The van der Waals surface area contributed by atoms with Gasteiger partial charge in [-0.3, -0.25) is 34.4 Å². The van der Waals surface area contributed by atoms with E-state index in [-0.39, 0.29) is 30.1 Å². The number of pyridine rings is 2. The van der Waals surface area contributed by atoms with Crippen LogP contribution in [0.15, 0.2) is 73.2 Å². The molecule has 1 atom stereocenters. The van der Waals surface area contributed by atoms with Crippen molar-refractivity contribution in [2.24, 2.45) is 7.05 Å². The van der Waals surface area contributed by atoms with E-state index in [2.05, 4.69) is 74.1 Å². The smallest absolute Gasteiger partial charge is 0.262 e. The Bertz CT molecular complexity index is 2380. The molecule has 0 spiro atoms. The Morgan fingerprint density at radius 1 is 0.810 bits per heavy atom.